The molecule has 3 amide bonds. The molecule has 1 atom stereocenters. The van der Waals surface area contributed by atoms with E-state index in [1.165, 1.54) is 9.80 Å². The molecule has 0 aliphatic carbocycles. The van der Waals surface area contributed by atoms with Crippen LogP contribution in [0.5, 0.6) is 0 Å². The fraction of sp³-hybridized carbons (Fsp3) is 0.472. The van der Waals surface area contributed by atoms with Crippen LogP contribution in [-0.2, 0) is 38.5 Å². The van der Waals surface area contributed by atoms with Crippen LogP contribution in [0.25, 0.3) is 0 Å². The number of rotatable bonds is 9. The highest BCUT2D eigenvalue weighted by Gasteiger charge is 2.45. The van der Waals surface area contributed by atoms with Crippen molar-refractivity contribution < 1.29 is 45.5 Å². The zero-order chi connectivity index (χ0) is 37.8. The van der Waals surface area contributed by atoms with E-state index < -0.39 is 64.7 Å². The van der Waals surface area contributed by atoms with E-state index in [1.807, 2.05) is 30.3 Å². The van der Waals surface area contributed by atoms with Crippen LogP contribution >= 0.6 is 0 Å². The summed E-state index contributed by atoms with van der Waals surface area (Å²) in [5.74, 6) is -0.895. The summed E-state index contributed by atoms with van der Waals surface area (Å²) in [7, 11) is 1.87. The fourth-order valence-corrected chi connectivity index (χ4v) is 7.15. The molecule has 2 fully saturated rings. The van der Waals surface area contributed by atoms with Crippen LogP contribution < -0.4 is 16.4 Å². The quantitative estimate of drug-likeness (QED) is 0.167. The van der Waals surface area contributed by atoms with Gasteiger partial charge in [0, 0.05) is 82.2 Å². The van der Waals surface area contributed by atoms with Crippen LogP contribution in [0.4, 0.5) is 42.5 Å². The molecule has 10 nitrogen and oxygen atoms in total. The molecule has 282 valence electrons. The highest BCUT2D eigenvalue weighted by molar-refractivity contribution is 5.95. The predicted molar refractivity (Wildman–Crippen MR) is 182 cm³/mol. The predicted octanol–water partition coefficient (Wildman–Crippen LogP) is 5.90. The molecule has 2 aromatic carbocycles. The minimum atomic E-state index is -5.22. The maximum Gasteiger partial charge on any atom is 0.418 e. The molecular formula is C36H42F6N6O4. The number of nitrogens with one attached hydrogen (secondary N) is 2. The van der Waals surface area contributed by atoms with Gasteiger partial charge in [-0.1, -0.05) is 24.3 Å². The van der Waals surface area contributed by atoms with Gasteiger partial charge < -0.3 is 35.8 Å². The molecule has 5 rings (SSSR count). The van der Waals surface area contributed by atoms with Gasteiger partial charge in [0.15, 0.2) is 6.10 Å². The highest BCUT2D eigenvalue weighted by Crippen LogP contribution is 2.45. The summed E-state index contributed by atoms with van der Waals surface area (Å²) in [5, 5.41) is 6.12. The maximum atomic E-state index is 13.9. The molecule has 0 bridgehead atoms. The summed E-state index contributed by atoms with van der Waals surface area (Å²) in [5.41, 5.74) is 1.02. The van der Waals surface area contributed by atoms with Crippen molar-refractivity contribution in [2.75, 3.05) is 50.8 Å². The topological polar surface area (TPSA) is 120 Å². The molecule has 0 radical (unpaired) electrons. The standard InChI is InChI=1S/C36H42F6N6O4/c1-3-13-46(2)18-12-44-24-8-14-47(15-9-24)32(50)29(21-23-19-26(35(37,38)39)31(43)27(20-23)36(40,41)42)52-33(51)48-16-10-34(11-17-48)22-30(49)45-28-7-5-4-6-25(28)34/h3-7,12,18-20,24,29,44H,1,8-11,13-17,21-22,43H2,2H3,(H,45,49)/b18-12-/t29-/m1/s1. The summed E-state index contributed by atoms with van der Waals surface area (Å²) in [6, 6.07) is 8.30. The van der Waals surface area contributed by atoms with Crippen molar-refractivity contribution >= 4 is 29.3 Å². The number of nitrogens with two attached hydrogens (primary N) is 1. The van der Waals surface area contributed by atoms with Gasteiger partial charge in [0.2, 0.25) is 5.91 Å². The van der Waals surface area contributed by atoms with Crippen LogP contribution in [0.3, 0.4) is 0 Å². The third-order valence-electron chi connectivity index (χ3n) is 9.93. The largest absolute Gasteiger partial charge is 0.436 e. The number of halogens is 6. The van der Waals surface area contributed by atoms with E-state index in [0.29, 0.717) is 50.0 Å². The Labute approximate surface area is 297 Å². The molecule has 2 saturated heterocycles. The SMILES string of the molecule is C=CCN(C)/C=C\NC1CCN(C(=O)[C@@H](Cc2cc(C(F)(F)F)c(N)c(C(F)(F)F)c2)OC(=O)N2CCC3(CC2)CC(=O)Nc2ccccc23)CC1. The minimum Gasteiger partial charge on any atom is -0.436 e. The third kappa shape index (κ3) is 8.76. The lowest BCUT2D eigenvalue weighted by atomic mass is 9.68. The Morgan fingerprint density at radius 1 is 1.06 bits per heavy atom. The molecule has 2 aromatic rings. The van der Waals surface area contributed by atoms with Gasteiger partial charge in [-0.15, -0.1) is 6.58 Å². The number of hydrogen-bond donors (Lipinski definition) is 3. The van der Waals surface area contributed by atoms with Gasteiger partial charge in [0.1, 0.15) is 0 Å². The molecule has 3 heterocycles. The lowest BCUT2D eigenvalue weighted by Crippen LogP contribution is -2.51. The van der Waals surface area contributed by atoms with Gasteiger partial charge in [-0.25, -0.2) is 4.79 Å². The molecule has 4 N–H and O–H groups in total. The molecule has 0 unspecified atom stereocenters. The summed E-state index contributed by atoms with van der Waals surface area (Å²) in [6.45, 7) is 5.02. The van der Waals surface area contributed by atoms with Crippen molar-refractivity contribution in [2.24, 2.45) is 0 Å². The third-order valence-corrected chi connectivity index (χ3v) is 9.93. The van der Waals surface area contributed by atoms with Gasteiger partial charge in [0.25, 0.3) is 5.91 Å². The van der Waals surface area contributed by atoms with E-state index >= 15 is 0 Å². The van der Waals surface area contributed by atoms with Crippen LogP contribution in [0.2, 0.25) is 0 Å². The van der Waals surface area contributed by atoms with Crippen molar-refractivity contribution in [3.8, 4) is 0 Å². The second-order valence-corrected chi connectivity index (χ2v) is 13.5. The number of carbonyl (C=O) groups is 3. The first kappa shape index (κ1) is 38.3. The number of para-hydroxylation sites is 1. The number of piperidine rings is 2. The Kier molecular flexibility index (Phi) is 11.3. The average Bonchev–Trinajstić information content (AvgIpc) is 3.08. The van der Waals surface area contributed by atoms with E-state index in [4.69, 9.17) is 10.5 Å². The van der Waals surface area contributed by atoms with Gasteiger partial charge in [-0.3, -0.25) is 9.59 Å². The van der Waals surface area contributed by atoms with Crippen molar-refractivity contribution in [1.29, 1.82) is 0 Å². The molecule has 3 aliphatic rings. The van der Waals surface area contributed by atoms with Crippen molar-refractivity contribution in [3.63, 3.8) is 0 Å². The number of alkyl halides is 6. The summed E-state index contributed by atoms with van der Waals surface area (Å²) in [6.07, 6.45) is -6.54. The van der Waals surface area contributed by atoms with Crippen molar-refractivity contribution in [3.05, 3.63) is 83.7 Å². The number of likely N-dealkylation sites (tertiary alicyclic amines) is 2. The van der Waals surface area contributed by atoms with Crippen molar-refractivity contribution in [1.82, 2.24) is 20.0 Å². The Balaban J connectivity index is 1.35. The zero-order valence-corrected chi connectivity index (χ0v) is 28.7. The van der Waals surface area contributed by atoms with E-state index in [1.54, 1.807) is 24.4 Å². The van der Waals surface area contributed by atoms with Gasteiger partial charge in [-0.05, 0) is 55.0 Å². The highest BCUT2D eigenvalue weighted by atomic mass is 19.4. The number of ether oxygens (including phenoxy) is 1. The maximum absolute atomic E-state index is 13.9. The van der Waals surface area contributed by atoms with Gasteiger partial charge >= 0.3 is 18.4 Å². The second kappa shape index (κ2) is 15.4. The Morgan fingerprint density at radius 2 is 1.67 bits per heavy atom. The number of likely N-dealkylation sites (N-methyl/N-ethyl adjacent to an activating group) is 1. The molecule has 0 aromatic heterocycles. The van der Waals surface area contributed by atoms with E-state index in [0.717, 1.165) is 5.56 Å². The van der Waals surface area contributed by atoms with Gasteiger partial charge in [-0.2, -0.15) is 26.3 Å². The van der Waals surface area contributed by atoms with Crippen LogP contribution in [0.15, 0.2) is 61.5 Å². The first-order chi connectivity index (χ1) is 24.5. The average molecular weight is 737 g/mol. The smallest absolute Gasteiger partial charge is 0.418 e. The Morgan fingerprint density at radius 3 is 2.27 bits per heavy atom. The number of carbonyl (C=O) groups excluding carboxylic acids is 3. The normalized spacial score (nSPS) is 18.5. The summed E-state index contributed by atoms with van der Waals surface area (Å²) in [4.78, 5) is 44.7. The van der Waals surface area contributed by atoms with E-state index in [2.05, 4.69) is 17.2 Å². The summed E-state index contributed by atoms with van der Waals surface area (Å²) < 4.78 is 88.8. The number of fused-ring (bicyclic) bond motifs is 2. The minimum absolute atomic E-state index is 0.00751. The first-order valence-corrected chi connectivity index (χ1v) is 16.9. The van der Waals surface area contributed by atoms with E-state index in [9.17, 15) is 40.7 Å². The first-order valence-electron chi connectivity index (χ1n) is 16.9. The lowest BCUT2D eigenvalue weighted by molar-refractivity contribution is -0.142. The second-order valence-electron chi connectivity index (χ2n) is 13.5. The van der Waals surface area contributed by atoms with Crippen molar-refractivity contribution in [2.45, 2.75) is 68.4 Å². The van der Waals surface area contributed by atoms with Crippen LogP contribution in [0.1, 0.15) is 54.4 Å². The molecule has 0 saturated carbocycles. The number of nitrogen functional groups attached to an aromatic ring is 1. The molecular weight excluding hydrogens is 694 g/mol. The van der Waals surface area contributed by atoms with E-state index in [-0.39, 0.29) is 44.5 Å². The summed E-state index contributed by atoms with van der Waals surface area (Å²) >= 11 is 0. The number of anilines is 2. The number of benzene rings is 2. The molecule has 16 heteroatoms. The zero-order valence-electron chi connectivity index (χ0n) is 28.7. The fourth-order valence-electron chi connectivity index (χ4n) is 7.15. The monoisotopic (exact) mass is 736 g/mol. The lowest BCUT2D eigenvalue weighted by Gasteiger charge is -2.44. The van der Waals surface area contributed by atoms with Gasteiger partial charge in [0.05, 0.1) is 16.8 Å². The van der Waals surface area contributed by atoms with Crippen LogP contribution in [0, 0.1) is 0 Å². The Hall–Kier alpha value is -4.89. The number of hydrogen-bond acceptors (Lipinski definition) is 7. The Bertz CT molecular complexity index is 1640. The molecule has 3 aliphatic heterocycles. The number of nitrogens with zero attached hydrogens (tertiary/aromatic N) is 3. The number of amides is 3. The molecule has 1 spiro atoms. The van der Waals surface area contributed by atoms with Crippen LogP contribution in [-0.4, -0.2) is 84.5 Å². The molecule has 52 heavy (non-hydrogen) atoms.